The monoisotopic (exact) mass is 724 g/mol. The van der Waals surface area contributed by atoms with Crippen LogP contribution in [0.25, 0.3) is 0 Å². The topological polar surface area (TPSA) is 142 Å². The van der Waals surface area contributed by atoms with Gasteiger partial charge in [-0.05, 0) is 86.6 Å². The lowest BCUT2D eigenvalue weighted by Crippen LogP contribution is -2.38. The molecule has 52 heavy (non-hydrogen) atoms. The third-order valence-corrected chi connectivity index (χ3v) is 9.08. The van der Waals surface area contributed by atoms with Crippen LogP contribution in [0.3, 0.4) is 0 Å². The van der Waals surface area contributed by atoms with Gasteiger partial charge in [-0.2, -0.15) is 0 Å². The number of hydrogen-bond donors (Lipinski definition) is 0. The summed E-state index contributed by atoms with van der Waals surface area (Å²) in [5.41, 5.74) is 4.08. The molecule has 0 aliphatic heterocycles. The van der Waals surface area contributed by atoms with Crippen LogP contribution in [0.4, 0.5) is 19.2 Å². The van der Waals surface area contributed by atoms with Gasteiger partial charge in [0.25, 0.3) is 0 Å². The van der Waals surface area contributed by atoms with Gasteiger partial charge in [-0.25, -0.2) is 19.2 Å². The molecule has 284 valence electrons. The van der Waals surface area contributed by atoms with E-state index in [1.807, 2.05) is 32.1 Å². The summed E-state index contributed by atoms with van der Waals surface area (Å²) < 4.78 is 39.8. The molecule has 0 radical (unpaired) electrons. The summed E-state index contributed by atoms with van der Waals surface area (Å²) in [4.78, 5) is 45.7. The highest BCUT2D eigenvalue weighted by Gasteiger charge is 2.36. The lowest BCUT2D eigenvalue weighted by atomic mass is 9.75. The molecule has 12 heteroatoms. The van der Waals surface area contributed by atoms with Crippen LogP contribution in [0, 0.1) is 17.8 Å². The first-order valence-electron chi connectivity index (χ1n) is 17.4. The summed E-state index contributed by atoms with van der Waals surface area (Å²) in [7, 11) is 2.52. The van der Waals surface area contributed by atoms with Crippen LogP contribution in [0.5, 0.6) is 0 Å². The van der Waals surface area contributed by atoms with E-state index in [0.717, 1.165) is 47.9 Å². The zero-order chi connectivity index (χ0) is 38.1. The molecule has 4 rings (SSSR count). The maximum absolute atomic E-state index is 12.2. The Morgan fingerprint density at radius 2 is 1.10 bits per heavy atom. The molecular weight excluding hydrogens is 672 g/mol. The molecule has 0 aromatic heterocycles. The number of hydrogen-bond acceptors (Lipinski definition) is 12. The van der Waals surface area contributed by atoms with Crippen molar-refractivity contribution in [1.82, 2.24) is 0 Å². The second kappa shape index (κ2) is 20.8. The maximum atomic E-state index is 12.2. The van der Waals surface area contributed by atoms with Crippen molar-refractivity contribution in [3.8, 4) is 0 Å². The van der Waals surface area contributed by atoms with E-state index in [9.17, 15) is 19.2 Å². The van der Waals surface area contributed by atoms with E-state index < -0.39 is 30.2 Å². The minimum Gasteiger partial charge on any atom is -0.438 e. The van der Waals surface area contributed by atoms with Crippen LogP contribution in [0.15, 0.2) is 72.3 Å². The summed E-state index contributed by atoms with van der Waals surface area (Å²) in [5.74, 6) is 1.30. The van der Waals surface area contributed by atoms with Crippen molar-refractivity contribution in [3.63, 3.8) is 0 Å². The zero-order valence-corrected chi connectivity index (χ0v) is 31.2. The Labute approximate surface area is 306 Å². The molecule has 0 heterocycles. The fraction of sp³-hybridized carbons (Fsp3) is 0.500. The summed E-state index contributed by atoms with van der Waals surface area (Å²) in [6.07, 6.45) is 6.94. The van der Waals surface area contributed by atoms with Crippen molar-refractivity contribution in [3.05, 3.63) is 94.6 Å². The van der Waals surface area contributed by atoms with Gasteiger partial charge in [0, 0.05) is 5.92 Å². The highest BCUT2D eigenvalue weighted by atomic mass is 16.7. The van der Waals surface area contributed by atoms with Crippen LogP contribution in [-0.2, 0) is 64.3 Å². The van der Waals surface area contributed by atoms with E-state index in [1.165, 1.54) is 19.8 Å². The van der Waals surface area contributed by atoms with Gasteiger partial charge in [0.1, 0.15) is 38.1 Å². The van der Waals surface area contributed by atoms with Gasteiger partial charge in [-0.1, -0.05) is 80.1 Å². The Morgan fingerprint density at radius 1 is 0.654 bits per heavy atom. The smallest absolute Gasteiger partial charge is 0.438 e. The normalized spacial score (nSPS) is 19.4. The Bertz CT molecular complexity index is 1510. The van der Waals surface area contributed by atoms with Gasteiger partial charge in [-0.15, -0.1) is 0 Å². The average molecular weight is 725 g/mol. The molecule has 2 aliphatic carbocycles. The first kappa shape index (κ1) is 41.4. The molecule has 12 nitrogen and oxygen atoms in total. The minimum absolute atomic E-state index is 0.118. The minimum atomic E-state index is -0.726. The number of carbonyl (C=O) groups excluding carboxylic acids is 4. The molecule has 2 aromatic carbocycles. The van der Waals surface area contributed by atoms with Crippen LogP contribution in [0.1, 0.15) is 82.6 Å². The van der Waals surface area contributed by atoms with Gasteiger partial charge in [0.15, 0.2) is 0 Å². The molecule has 2 aromatic rings. The molecule has 0 saturated carbocycles. The van der Waals surface area contributed by atoms with Crippen molar-refractivity contribution in [2.75, 3.05) is 14.2 Å². The van der Waals surface area contributed by atoms with E-state index in [2.05, 4.69) is 42.4 Å². The van der Waals surface area contributed by atoms with Crippen molar-refractivity contribution in [2.45, 2.75) is 98.4 Å². The van der Waals surface area contributed by atoms with E-state index in [0.29, 0.717) is 11.8 Å². The number of rotatable bonds is 11. The predicted molar refractivity (Wildman–Crippen MR) is 191 cm³/mol. The van der Waals surface area contributed by atoms with E-state index in [4.69, 9.17) is 28.4 Å². The van der Waals surface area contributed by atoms with Gasteiger partial charge < -0.3 is 37.9 Å². The molecule has 0 amide bonds. The third-order valence-electron chi connectivity index (χ3n) is 9.08. The fourth-order valence-corrected chi connectivity index (χ4v) is 5.47. The molecule has 4 atom stereocenters. The first-order chi connectivity index (χ1) is 24.8. The van der Waals surface area contributed by atoms with Gasteiger partial charge in [0.2, 0.25) is 0 Å². The highest BCUT2D eigenvalue weighted by molar-refractivity contribution is 5.61. The standard InChI is InChI=1S/C22H30O6.C18H22O6/c1-15-6-11-19(12-16(15)2)22(3,4)28-21(24)27-14-18-9-7-17(8-10-18)13-26-20(23)25-5;1-13-3-9-16(10-4-13)24-18(20)23-12-15-7-5-14(6-8-15)11-22-17(19)21-2/h6-10,16,19H,11-14H2,1-5H3;3,5-9,13,16H,4,10-12H2,1-2H3. The largest absolute Gasteiger partial charge is 0.509 e. The molecule has 4 unspecified atom stereocenters. The van der Waals surface area contributed by atoms with Crippen LogP contribution >= 0.6 is 0 Å². The molecule has 0 fully saturated rings. The van der Waals surface area contributed by atoms with Crippen molar-refractivity contribution < 1.29 is 57.1 Å². The van der Waals surface area contributed by atoms with E-state index in [-0.39, 0.29) is 38.4 Å². The molecular formula is C40H52O12. The highest BCUT2D eigenvalue weighted by Crippen LogP contribution is 2.37. The van der Waals surface area contributed by atoms with Crippen molar-refractivity contribution in [1.29, 1.82) is 0 Å². The summed E-state index contributed by atoms with van der Waals surface area (Å²) >= 11 is 0. The summed E-state index contributed by atoms with van der Waals surface area (Å²) in [6, 6.07) is 14.4. The quantitative estimate of drug-likeness (QED) is 0.124. The van der Waals surface area contributed by atoms with Crippen LogP contribution in [-0.4, -0.2) is 50.5 Å². The molecule has 0 spiro atoms. The Balaban J connectivity index is 0.000000284. The van der Waals surface area contributed by atoms with Gasteiger partial charge in [0.05, 0.1) is 14.2 Å². The number of methoxy groups -OCH3 is 2. The Hall–Kier alpha value is -5.00. The maximum Gasteiger partial charge on any atom is 0.509 e. The Kier molecular flexibility index (Phi) is 16.5. The number of benzene rings is 2. The fourth-order valence-electron chi connectivity index (χ4n) is 5.47. The van der Waals surface area contributed by atoms with Gasteiger partial charge >= 0.3 is 24.6 Å². The number of ether oxygens (including phenoxy) is 8. The molecule has 2 aliphatic rings. The zero-order valence-electron chi connectivity index (χ0n) is 31.2. The lowest BCUT2D eigenvalue weighted by Gasteiger charge is -2.37. The van der Waals surface area contributed by atoms with Crippen LogP contribution < -0.4 is 0 Å². The summed E-state index contributed by atoms with van der Waals surface area (Å²) in [5, 5.41) is 0. The van der Waals surface area contributed by atoms with E-state index >= 15 is 0 Å². The van der Waals surface area contributed by atoms with E-state index in [1.54, 1.807) is 36.4 Å². The SMILES string of the molecule is COC(=O)OCc1ccc(COC(=O)OC(C)(C)C2CC=C(C)C(C)C2)cc1.COC(=O)OCc1ccc(COC(=O)OC2C=CC(C)CC2)cc1. The molecule has 0 bridgehead atoms. The molecule has 0 saturated heterocycles. The summed E-state index contributed by atoms with van der Waals surface area (Å²) in [6.45, 7) is 10.9. The third kappa shape index (κ3) is 14.7. The average Bonchev–Trinajstić information content (AvgIpc) is 3.14. The van der Waals surface area contributed by atoms with Crippen molar-refractivity contribution in [2.24, 2.45) is 17.8 Å². The van der Waals surface area contributed by atoms with Gasteiger partial charge in [-0.3, -0.25) is 0 Å². The second-order valence-corrected chi connectivity index (χ2v) is 13.5. The number of allylic oxidation sites excluding steroid dienone is 3. The Morgan fingerprint density at radius 3 is 1.50 bits per heavy atom. The van der Waals surface area contributed by atoms with Crippen molar-refractivity contribution >= 4 is 24.6 Å². The van der Waals surface area contributed by atoms with Crippen LogP contribution in [0.2, 0.25) is 0 Å². The lowest BCUT2D eigenvalue weighted by molar-refractivity contribution is -0.0543. The predicted octanol–water partition coefficient (Wildman–Crippen LogP) is 9.37. The number of carbonyl (C=O) groups is 4. The first-order valence-corrected chi connectivity index (χ1v) is 17.4. The second-order valence-electron chi connectivity index (χ2n) is 13.5. The molecule has 0 N–H and O–H groups in total.